The summed E-state index contributed by atoms with van der Waals surface area (Å²) in [7, 11) is 3.99. The molecule has 17 heavy (non-hydrogen) atoms. The fraction of sp³-hybridized carbons (Fsp3) is 0.727. The van der Waals surface area contributed by atoms with Crippen LogP contribution in [0, 0.1) is 0 Å². The molecular weight excluding hydrogens is 261 g/mol. The van der Waals surface area contributed by atoms with Gasteiger partial charge in [-0.05, 0) is 26.9 Å². The molecule has 0 amide bonds. The quantitative estimate of drug-likeness (QED) is 0.778. The highest BCUT2D eigenvalue weighted by Crippen LogP contribution is 2.26. The van der Waals surface area contributed by atoms with Crippen molar-refractivity contribution in [1.29, 1.82) is 0 Å². The average molecular weight is 280 g/mol. The number of halogens is 2. The third-order valence-electron chi connectivity index (χ3n) is 2.52. The molecule has 1 rings (SSSR count). The maximum Gasteiger partial charge on any atom is 0.0972 e. The minimum atomic E-state index is -0.592. The number of hydrogen-bond donors (Lipinski definition) is 1. The first-order chi connectivity index (χ1) is 8.06. The number of alkyl halides is 1. The number of likely N-dealkylation sites (N-methyl/N-ethyl adjacent to an activating group) is 1. The van der Waals surface area contributed by atoms with Gasteiger partial charge in [-0.25, -0.2) is 0 Å². The smallest absolute Gasteiger partial charge is 0.0972 e. The Morgan fingerprint density at radius 2 is 2.24 bits per heavy atom. The van der Waals surface area contributed by atoms with E-state index >= 15 is 0 Å². The van der Waals surface area contributed by atoms with Crippen LogP contribution in [-0.2, 0) is 6.54 Å². The molecular formula is C11H19Cl2N3O. The molecule has 0 fully saturated rings. The van der Waals surface area contributed by atoms with Crippen LogP contribution in [0.25, 0.3) is 0 Å². The third-order valence-corrected chi connectivity index (χ3v) is 3.08. The summed E-state index contributed by atoms with van der Waals surface area (Å²) in [5, 5.41) is 14.8. The Labute approximate surface area is 112 Å². The fourth-order valence-electron chi connectivity index (χ4n) is 1.58. The molecule has 0 radical (unpaired) electrons. The van der Waals surface area contributed by atoms with Crippen LogP contribution < -0.4 is 0 Å². The van der Waals surface area contributed by atoms with E-state index in [9.17, 15) is 5.11 Å². The summed E-state index contributed by atoms with van der Waals surface area (Å²) >= 11 is 11.7. The molecule has 0 aliphatic rings. The van der Waals surface area contributed by atoms with Crippen LogP contribution in [0.1, 0.15) is 24.6 Å². The first-order valence-corrected chi connectivity index (χ1v) is 6.57. The largest absolute Gasteiger partial charge is 0.387 e. The van der Waals surface area contributed by atoms with Gasteiger partial charge in [0, 0.05) is 12.4 Å². The van der Waals surface area contributed by atoms with Gasteiger partial charge in [0.25, 0.3) is 0 Å². The topological polar surface area (TPSA) is 41.3 Å². The summed E-state index contributed by atoms with van der Waals surface area (Å²) in [5.41, 5.74) is 0.693. The maximum absolute atomic E-state index is 10.0. The van der Waals surface area contributed by atoms with E-state index in [0.717, 1.165) is 13.0 Å². The first kappa shape index (κ1) is 14.8. The summed E-state index contributed by atoms with van der Waals surface area (Å²) in [4.78, 5) is 2.06. The zero-order chi connectivity index (χ0) is 12.8. The van der Waals surface area contributed by atoms with E-state index in [-0.39, 0.29) is 0 Å². The van der Waals surface area contributed by atoms with Crippen LogP contribution in [-0.4, -0.2) is 46.3 Å². The summed E-state index contributed by atoms with van der Waals surface area (Å²) in [6.45, 7) is 1.57. The average Bonchev–Trinajstić information content (AvgIpc) is 2.64. The van der Waals surface area contributed by atoms with Crippen molar-refractivity contribution in [2.24, 2.45) is 0 Å². The minimum absolute atomic E-state index is 0.519. The molecule has 0 aliphatic carbocycles. The molecule has 0 aromatic carbocycles. The lowest BCUT2D eigenvalue weighted by molar-refractivity contribution is 0.154. The number of nitrogens with zero attached hydrogens (tertiary/aromatic N) is 3. The monoisotopic (exact) mass is 279 g/mol. The highest BCUT2D eigenvalue weighted by atomic mass is 35.5. The number of rotatable bonds is 7. The van der Waals surface area contributed by atoms with Crippen LogP contribution in [0.4, 0.5) is 0 Å². The van der Waals surface area contributed by atoms with Crippen molar-refractivity contribution in [3.8, 4) is 0 Å². The summed E-state index contributed by atoms with van der Waals surface area (Å²) < 4.78 is 1.77. The van der Waals surface area contributed by atoms with Gasteiger partial charge in [0.2, 0.25) is 0 Å². The van der Waals surface area contributed by atoms with E-state index in [1.165, 1.54) is 0 Å². The molecule has 1 unspecified atom stereocenters. The molecule has 0 bridgehead atoms. The molecule has 1 atom stereocenters. The molecule has 0 saturated carbocycles. The van der Waals surface area contributed by atoms with Crippen molar-refractivity contribution in [3.63, 3.8) is 0 Å². The second-order valence-electron chi connectivity index (χ2n) is 4.25. The second-order valence-corrected chi connectivity index (χ2v) is 5.04. The lowest BCUT2D eigenvalue weighted by atomic mass is 10.1. The minimum Gasteiger partial charge on any atom is -0.387 e. The van der Waals surface area contributed by atoms with Gasteiger partial charge in [-0.1, -0.05) is 11.6 Å². The van der Waals surface area contributed by atoms with E-state index in [4.69, 9.17) is 23.2 Å². The summed E-state index contributed by atoms with van der Waals surface area (Å²) in [6, 6.07) is 0. The molecule has 4 nitrogen and oxygen atoms in total. The van der Waals surface area contributed by atoms with Crippen LogP contribution >= 0.6 is 23.2 Å². The highest BCUT2D eigenvalue weighted by Gasteiger charge is 2.17. The van der Waals surface area contributed by atoms with E-state index in [2.05, 4.69) is 10.00 Å². The van der Waals surface area contributed by atoms with E-state index in [1.54, 1.807) is 10.9 Å². The van der Waals surface area contributed by atoms with Gasteiger partial charge in [0.05, 0.1) is 29.6 Å². The lowest BCUT2D eigenvalue weighted by Crippen LogP contribution is -2.21. The van der Waals surface area contributed by atoms with Crippen molar-refractivity contribution in [3.05, 3.63) is 16.9 Å². The molecule has 6 heteroatoms. The van der Waals surface area contributed by atoms with E-state index < -0.39 is 6.10 Å². The Morgan fingerprint density at radius 1 is 1.53 bits per heavy atom. The second kappa shape index (κ2) is 7.21. The predicted octanol–water partition coefficient (Wildman–Crippen LogP) is 2.15. The van der Waals surface area contributed by atoms with Crippen molar-refractivity contribution >= 4 is 23.2 Å². The molecule has 0 aliphatic heterocycles. The lowest BCUT2D eigenvalue weighted by Gasteiger charge is -2.15. The maximum atomic E-state index is 10.0. The van der Waals surface area contributed by atoms with E-state index in [0.29, 0.717) is 29.6 Å². The SMILES string of the molecule is CN(C)CCn1ncc(Cl)c1C(O)CCCCl. The molecule has 1 N–H and O–H groups in total. The Hall–Kier alpha value is -0.290. The number of aliphatic hydroxyl groups is 1. The third kappa shape index (κ3) is 4.47. The van der Waals surface area contributed by atoms with Crippen LogP contribution in [0.5, 0.6) is 0 Å². The number of aliphatic hydroxyl groups excluding tert-OH is 1. The molecule has 1 heterocycles. The van der Waals surface area contributed by atoms with Gasteiger partial charge in [-0.2, -0.15) is 5.10 Å². The zero-order valence-electron chi connectivity index (χ0n) is 10.2. The van der Waals surface area contributed by atoms with Crippen molar-refractivity contribution in [2.75, 3.05) is 26.5 Å². The molecule has 1 aromatic heterocycles. The highest BCUT2D eigenvalue weighted by molar-refractivity contribution is 6.31. The van der Waals surface area contributed by atoms with Gasteiger partial charge in [0.1, 0.15) is 0 Å². The number of aromatic nitrogens is 2. The molecule has 98 valence electrons. The van der Waals surface area contributed by atoms with E-state index in [1.807, 2.05) is 14.1 Å². The van der Waals surface area contributed by atoms with Crippen LogP contribution in [0.2, 0.25) is 5.02 Å². The Bertz CT molecular complexity index is 341. The molecule has 0 spiro atoms. The first-order valence-electron chi connectivity index (χ1n) is 5.66. The summed E-state index contributed by atoms with van der Waals surface area (Å²) in [6.07, 6.45) is 2.36. The van der Waals surface area contributed by atoms with Crippen LogP contribution in [0.3, 0.4) is 0 Å². The van der Waals surface area contributed by atoms with Gasteiger partial charge in [-0.3, -0.25) is 4.68 Å². The normalized spacial score (nSPS) is 13.3. The zero-order valence-corrected chi connectivity index (χ0v) is 11.7. The van der Waals surface area contributed by atoms with Crippen LogP contribution in [0.15, 0.2) is 6.20 Å². The number of hydrogen-bond acceptors (Lipinski definition) is 3. The van der Waals surface area contributed by atoms with Gasteiger partial charge >= 0.3 is 0 Å². The molecule has 0 saturated heterocycles. The Kier molecular flexibility index (Phi) is 6.27. The Morgan fingerprint density at radius 3 is 2.82 bits per heavy atom. The van der Waals surface area contributed by atoms with Gasteiger partial charge in [-0.15, -0.1) is 11.6 Å². The predicted molar refractivity (Wildman–Crippen MR) is 70.7 cm³/mol. The van der Waals surface area contributed by atoms with Crippen molar-refractivity contribution in [2.45, 2.75) is 25.5 Å². The van der Waals surface area contributed by atoms with Gasteiger partial charge < -0.3 is 10.0 Å². The van der Waals surface area contributed by atoms with Crippen molar-refractivity contribution in [1.82, 2.24) is 14.7 Å². The standard InChI is InChI=1S/C11H19Cl2N3O/c1-15(2)6-7-16-11(9(13)8-14-16)10(17)4-3-5-12/h8,10,17H,3-7H2,1-2H3. The van der Waals surface area contributed by atoms with Gasteiger partial charge in [0.15, 0.2) is 0 Å². The van der Waals surface area contributed by atoms with Crippen molar-refractivity contribution < 1.29 is 5.11 Å². The molecule has 1 aromatic rings. The Balaban J connectivity index is 2.71. The fourth-order valence-corrected chi connectivity index (χ4v) is 2.00. The summed E-state index contributed by atoms with van der Waals surface area (Å²) in [5.74, 6) is 0.542.